The SMILES string of the molecule is O=C1C(=O)N(CC(=O)c2sccc2Br)c2ccc(F)cc21. The van der Waals surface area contributed by atoms with E-state index in [1.54, 1.807) is 11.4 Å². The molecule has 2 aromatic rings. The zero-order valence-electron chi connectivity index (χ0n) is 10.4. The molecule has 1 aromatic heterocycles. The van der Waals surface area contributed by atoms with Crippen LogP contribution in [0.3, 0.4) is 0 Å². The first kappa shape index (κ1) is 14.1. The van der Waals surface area contributed by atoms with E-state index in [1.165, 1.54) is 17.4 Å². The van der Waals surface area contributed by atoms with E-state index in [-0.39, 0.29) is 23.6 Å². The zero-order chi connectivity index (χ0) is 15.1. The van der Waals surface area contributed by atoms with E-state index in [0.717, 1.165) is 17.0 Å². The van der Waals surface area contributed by atoms with Crippen molar-refractivity contribution in [3.63, 3.8) is 0 Å². The molecule has 1 amide bonds. The maximum atomic E-state index is 13.2. The average molecular weight is 368 g/mol. The molecule has 1 aliphatic heterocycles. The fourth-order valence-corrected chi connectivity index (χ4v) is 3.66. The molecule has 3 rings (SSSR count). The molecule has 0 radical (unpaired) electrons. The topological polar surface area (TPSA) is 54.5 Å². The van der Waals surface area contributed by atoms with E-state index in [1.807, 2.05) is 0 Å². The van der Waals surface area contributed by atoms with Gasteiger partial charge in [0.2, 0.25) is 0 Å². The maximum Gasteiger partial charge on any atom is 0.299 e. The third-order valence-corrected chi connectivity index (χ3v) is 4.98. The molecule has 4 nitrogen and oxygen atoms in total. The number of thiophene rings is 1. The van der Waals surface area contributed by atoms with E-state index in [2.05, 4.69) is 15.9 Å². The minimum Gasteiger partial charge on any atom is -0.297 e. The summed E-state index contributed by atoms with van der Waals surface area (Å²) in [7, 11) is 0. The van der Waals surface area contributed by atoms with Crippen molar-refractivity contribution in [1.82, 2.24) is 0 Å². The van der Waals surface area contributed by atoms with Crippen LogP contribution in [0, 0.1) is 5.82 Å². The summed E-state index contributed by atoms with van der Waals surface area (Å²) in [6, 6.07) is 5.24. The molecule has 0 unspecified atom stereocenters. The highest BCUT2D eigenvalue weighted by Gasteiger charge is 2.37. The van der Waals surface area contributed by atoms with Gasteiger partial charge in [-0.1, -0.05) is 0 Å². The Hall–Kier alpha value is -1.86. The van der Waals surface area contributed by atoms with Gasteiger partial charge in [0.05, 0.1) is 22.7 Å². The molecular formula is C14H7BrFNO3S. The van der Waals surface area contributed by atoms with Gasteiger partial charge in [-0.2, -0.15) is 0 Å². The Kier molecular flexibility index (Phi) is 3.46. The molecule has 7 heteroatoms. The Morgan fingerprint density at radius 2 is 2.05 bits per heavy atom. The first-order valence-corrected chi connectivity index (χ1v) is 7.58. The van der Waals surface area contributed by atoms with Gasteiger partial charge in [-0.3, -0.25) is 19.3 Å². The van der Waals surface area contributed by atoms with Gasteiger partial charge in [-0.05, 0) is 45.6 Å². The fourth-order valence-electron chi connectivity index (χ4n) is 2.14. The van der Waals surface area contributed by atoms with Crippen LogP contribution in [-0.2, 0) is 4.79 Å². The van der Waals surface area contributed by atoms with E-state index < -0.39 is 17.5 Å². The highest BCUT2D eigenvalue weighted by Crippen LogP contribution is 2.30. The van der Waals surface area contributed by atoms with Gasteiger partial charge in [-0.15, -0.1) is 11.3 Å². The van der Waals surface area contributed by atoms with Gasteiger partial charge in [0, 0.05) is 4.47 Å². The number of carbonyl (C=O) groups is 3. The van der Waals surface area contributed by atoms with E-state index in [9.17, 15) is 18.8 Å². The summed E-state index contributed by atoms with van der Waals surface area (Å²) in [5, 5.41) is 1.75. The number of Topliss-reactive ketones (excluding diaryl/α,β-unsaturated/α-hetero) is 2. The molecule has 2 heterocycles. The van der Waals surface area contributed by atoms with Crippen LogP contribution in [0.2, 0.25) is 0 Å². The van der Waals surface area contributed by atoms with Crippen molar-refractivity contribution in [2.45, 2.75) is 0 Å². The quantitative estimate of drug-likeness (QED) is 0.618. The first-order chi connectivity index (χ1) is 9.99. The van der Waals surface area contributed by atoms with E-state index in [0.29, 0.717) is 9.35 Å². The number of benzene rings is 1. The van der Waals surface area contributed by atoms with Gasteiger partial charge < -0.3 is 0 Å². The predicted molar refractivity (Wildman–Crippen MR) is 79.4 cm³/mol. The molecule has 1 aliphatic rings. The number of rotatable bonds is 3. The minimum atomic E-state index is -0.809. The molecule has 0 N–H and O–H groups in total. The summed E-state index contributed by atoms with van der Waals surface area (Å²) in [5.41, 5.74) is 0.269. The van der Waals surface area contributed by atoms with Crippen LogP contribution in [0.4, 0.5) is 10.1 Å². The van der Waals surface area contributed by atoms with E-state index in [4.69, 9.17) is 0 Å². The molecule has 21 heavy (non-hydrogen) atoms. The highest BCUT2D eigenvalue weighted by molar-refractivity contribution is 9.10. The third-order valence-electron chi connectivity index (χ3n) is 3.11. The van der Waals surface area contributed by atoms with Crippen LogP contribution >= 0.6 is 27.3 Å². The lowest BCUT2D eigenvalue weighted by Crippen LogP contribution is -2.34. The monoisotopic (exact) mass is 367 g/mol. The summed E-state index contributed by atoms with van der Waals surface area (Å²) in [4.78, 5) is 37.6. The van der Waals surface area contributed by atoms with Gasteiger partial charge >= 0.3 is 0 Å². The van der Waals surface area contributed by atoms with Crippen molar-refractivity contribution >= 4 is 50.4 Å². The summed E-state index contributed by atoms with van der Waals surface area (Å²) >= 11 is 4.50. The number of nitrogens with zero attached hydrogens (tertiary/aromatic N) is 1. The van der Waals surface area contributed by atoms with Gasteiger partial charge in [0.25, 0.3) is 11.7 Å². The maximum absolute atomic E-state index is 13.2. The van der Waals surface area contributed by atoms with Gasteiger partial charge in [0.15, 0.2) is 5.78 Å². The highest BCUT2D eigenvalue weighted by atomic mass is 79.9. The van der Waals surface area contributed by atoms with Crippen LogP contribution in [0.25, 0.3) is 0 Å². The second kappa shape index (κ2) is 5.16. The Bertz CT molecular complexity index is 786. The number of amides is 1. The number of hydrogen-bond donors (Lipinski definition) is 0. The standard InChI is InChI=1S/C14H7BrFNO3S/c15-9-3-4-21-13(9)11(18)6-17-10-2-1-7(16)5-8(10)12(19)14(17)20/h1-5H,6H2. The lowest BCUT2D eigenvalue weighted by atomic mass is 10.1. The van der Waals surface area contributed by atoms with Crippen molar-refractivity contribution in [1.29, 1.82) is 0 Å². The average Bonchev–Trinajstić information content (AvgIpc) is 2.97. The van der Waals surface area contributed by atoms with Crippen molar-refractivity contribution in [2.75, 3.05) is 11.4 Å². The molecular weight excluding hydrogens is 361 g/mol. The largest absolute Gasteiger partial charge is 0.299 e. The Morgan fingerprint density at radius 3 is 2.71 bits per heavy atom. The normalized spacial score (nSPS) is 13.7. The van der Waals surface area contributed by atoms with Crippen LogP contribution in [-0.4, -0.2) is 24.0 Å². The minimum absolute atomic E-state index is 0.00181. The van der Waals surface area contributed by atoms with Gasteiger partial charge in [0.1, 0.15) is 5.82 Å². The Balaban J connectivity index is 1.94. The molecule has 0 spiro atoms. The number of halogens is 2. The number of fused-ring (bicyclic) bond motifs is 1. The molecule has 1 aromatic carbocycles. The number of carbonyl (C=O) groups excluding carboxylic acids is 3. The lowest BCUT2D eigenvalue weighted by molar-refractivity contribution is -0.114. The van der Waals surface area contributed by atoms with Crippen LogP contribution in [0.15, 0.2) is 34.1 Å². The lowest BCUT2D eigenvalue weighted by Gasteiger charge is -2.15. The second-order valence-electron chi connectivity index (χ2n) is 4.40. The summed E-state index contributed by atoms with van der Waals surface area (Å²) in [6.45, 7) is -0.248. The molecule has 0 saturated carbocycles. The summed E-state index contributed by atoms with van der Waals surface area (Å²) in [6.07, 6.45) is 0. The molecule has 0 bridgehead atoms. The Labute approximate surface area is 131 Å². The number of anilines is 1. The van der Waals surface area contributed by atoms with Crippen LogP contribution in [0.5, 0.6) is 0 Å². The van der Waals surface area contributed by atoms with Crippen molar-refractivity contribution in [3.05, 3.63) is 50.4 Å². The van der Waals surface area contributed by atoms with Crippen molar-refractivity contribution < 1.29 is 18.8 Å². The smallest absolute Gasteiger partial charge is 0.297 e. The Morgan fingerprint density at radius 1 is 1.29 bits per heavy atom. The predicted octanol–water partition coefficient (Wildman–Crippen LogP) is 3.06. The number of ketones is 2. The summed E-state index contributed by atoms with van der Waals surface area (Å²) < 4.78 is 13.8. The molecule has 0 atom stereocenters. The molecule has 0 fully saturated rings. The van der Waals surface area contributed by atoms with Gasteiger partial charge in [-0.25, -0.2) is 4.39 Å². The molecule has 106 valence electrons. The van der Waals surface area contributed by atoms with Crippen LogP contribution in [0.1, 0.15) is 20.0 Å². The molecule has 0 saturated heterocycles. The molecule has 0 aliphatic carbocycles. The van der Waals surface area contributed by atoms with Crippen LogP contribution < -0.4 is 4.90 Å². The third kappa shape index (κ3) is 2.32. The van der Waals surface area contributed by atoms with Crippen molar-refractivity contribution in [3.8, 4) is 0 Å². The fraction of sp³-hybridized carbons (Fsp3) is 0.0714. The first-order valence-electron chi connectivity index (χ1n) is 5.91. The second-order valence-corrected chi connectivity index (χ2v) is 6.17. The summed E-state index contributed by atoms with van der Waals surface area (Å²) in [5.74, 6) is -2.47. The zero-order valence-corrected chi connectivity index (χ0v) is 12.8. The van der Waals surface area contributed by atoms with Crippen molar-refractivity contribution in [2.24, 2.45) is 0 Å². The van der Waals surface area contributed by atoms with E-state index >= 15 is 0 Å². The number of hydrogen-bond acceptors (Lipinski definition) is 4.